The Morgan fingerprint density at radius 3 is 1.88 bits per heavy atom. The first-order valence-corrected chi connectivity index (χ1v) is 6.90. The van der Waals surface area contributed by atoms with E-state index in [0.717, 1.165) is 0 Å². The van der Waals surface area contributed by atoms with Gasteiger partial charge in [0, 0.05) is 12.0 Å². The van der Waals surface area contributed by atoms with E-state index in [1.807, 2.05) is 0 Å². The van der Waals surface area contributed by atoms with Crippen LogP contribution in [0.25, 0.3) is 0 Å². The van der Waals surface area contributed by atoms with E-state index in [4.69, 9.17) is 36.0 Å². The largest absolute Gasteiger partial charge is 1.00 e. The smallest absolute Gasteiger partial charge is 1.00 e. The molecule has 0 bridgehead atoms. The predicted octanol–water partition coefficient (Wildman–Crippen LogP) is -4.55. The maximum Gasteiger partial charge on any atom is 1.00 e. The molecule has 0 aromatic heterocycles. The summed E-state index contributed by atoms with van der Waals surface area (Å²) in [7, 11) is 0. The number of hydrogen-bond acceptors (Lipinski definition) is 8. The minimum Gasteiger partial charge on any atom is -1.00 e. The van der Waals surface area contributed by atoms with Crippen molar-refractivity contribution in [1.29, 1.82) is 0 Å². The van der Waals surface area contributed by atoms with E-state index in [1.165, 1.54) is 6.92 Å². The fourth-order valence-electron chi connectivity index (χ4n) is 1.03. The van der Waals surface area contributed by atoms with E-state index < -0.39 is 49.2 Å². The molecule has 0 unspecified atom stereocenters. The fourth-order valence-corrected chi connectivity index (χ4v) is 1.03. The quantitative estimate of drug-likeness (QED) is 0.123. The Morgan fingerprint density at radius 2 is 1.60 bits per heavy atom. The molecule has 7 N–H and O–H groups in total. The fraction of sp³-hybridized carbons (Fsp3) is 0.643. The predicted molar refractivity (Wildman–Crippen MR) is 83.1 cm³/mol. The van der Waals surface area contributed by atoms with Crippen LogP contribution >= 0.6 is 0 Å². The van der Waals surface area contributed by atoms with Crippen molar-refractivity contribution in [3.05, 3.63) is 12.2 Å². The third-order valence-corrected chi connectivity index (χ3v) is 2.85. The average Bonchev–Trinajstić information content (AvgIpc) is 2.54. The van der Waals surface area contributed by atoms with Crippen molar-refractivity contribution in [3.63, 3.8) is 0 Å². The van der Waals surface area contributed by atoms with E-state index in [9.17, 15) is 14.4 Å². The van der Waals surface area contributed by atoms with Gasteiger partial charge < -0.3 is 37.4 Å². The van der Waals surface area contributed by atoms with Crippen molar-refractivity contribution in [2.45, 2.75) is 25.8 Å². The van der Waals surface area contributed by atoms with Crippen molar-refractivity contribution >= 4 is 17.9 Å². The number of ether oxygens (including phenoxy) is 1. The van der Waals surface area contributed by atoms with Gasteiger partial charge in [-0.05, 0) is 13.3 Å². The Hall–Kier alpha value is -1.01. The molecule has 10 nitrogen and oxygen atoms in total. The summed E-state index contributed by atoms with van der Waals surface area (Å²) in [5, 5.41) is 43.0. The summed E-state index contributed by atoms with van der Waals surface area (Å²) in [6.07, 6.45) is -0.224. The van der Waals surface area contributed by atoms with Crippen LogP contribution < -0.4 is 35.3 Å². The van der Waals surface area contributed by atoms with Crippen molar-refractivity contribution in [2.24, 2.45) is 11.1 Å². The van der Waals surface area contributed by atoms with E-state index in [-0.39, 0.29) is 56.0 Å². The third kappa shape index (κ3) is 13.9. The number of carbonyl (C=O) groups is 3. The van der Waals surface area contributed by atoms with E-state index in [1.54, 1.807) is 0 Å². The van der Waals surface area contributed by atoms with Gasteiger partial charge in [0.05, 0.1) is 25.2 Å². The number of carbonyl (C=O) groups excluding carboxylic acids is 1. The van der Waals surface area contributed by atoms with Crippen LogP contribution in [0.15, 0.2) is 12.2 Å². The van der Waals surface area contributed by atoms with Gasteiger partial charge in [0.1, 0.15) is 12.6 Å². The van der Waals surface area contributed by atoms with Crippen molar-refractivity contribution in [2.75, 3.05) is 26.4 Å². The zero-order valence-corrected chi connectivity index (χ0v) is 16.5. The second-order valence-electron chi connectivity index (χ2n) is 5.21. The molecule has 0 saturated heterocycles. The molecule has 142 valence electrons. The molecule has 1 atom stereocenters. The summed E-state index contributed by atoms with van der Waals surface area (Å²) in [5.74, 6) is -2.80. The molecule has 0 rings (SSSR count). The number of rotatable bonds is 10. The normalized spacial score (nSPS) is 11.2. The van der Waals surface area contributed by atoms with Gasteiger partial charge in [-0.3, -0.25) is 9.59 Å². The molecular formula is C14H26NNaO9. The van der Waals surface area contributed by atoms with Crippen LogP contribution in [0.2, 0.25) is 0 Å². The SMILES string of the molecule is C=C(C)C(=O)OCC(CO)(CO)CO.N[C@@H](CCC(=O)O)C(=O)O.[H-].[Na+]. The first-order chi connectivity index (χ1) is 11.0. The number of carboxylic acid groups (broad SMARTS) is 2. The molecule has 0 aromatic rings. The summed E-state index contributed by atoms with van der Waals surface area (Å²) in [4.78, 5) is 30.8. The van der Waals surface area contributed by atoms with Gasteiger partial charge in [-0.25, -0.2) is 4.79 Å². The molecule has 0 radical (unpaired) electrons. The van der Waals surface area contributed by atoms with Gasteiger partial charge in [-0.15, -0.1) is 0 Å². The number of nitrogens with two attached hydrogens (primary N) is 1. The Bertz CT molecular complexity index is 436. The maximum absolute atomic E-state index is 11.0. The molecule has 25 heavy (non-hydrogen) atoms. The van der Waals surface area contributed by atoms with Crippen LogP contribution in [0, 0.1) is 5.41 Å². The molecule has 0 aromatic carbocycles. The van der Waals surface area contributed by atoms with Crippen molar-refractivity contribution in [3.8, 4) is 0 Å². The standard InChI is InChI=1S/C9H16O5.C5H9NO4.Na.H/c1-7(2)8(13)14-6-9(3-10,4-11)5-12;6-3(5(9)10)1-2-4(7)8;;/h10-12H,1,3-6H2,2H3;3H,1-2,6H2,(H,7,8)(H,9,10);;/q;;+1;-1/t;3-;;/m.0../s1. The van der Waals surface area contributed by atoms with Crippen LogP contribution in [0.1, 0.15) is 21.2 Å². The number of aliphatic hydroxyl groups excluding tert-OH is 3. The maximum atomic E-state index is 11.0. The number of aliphatic hydroxyl groups is 3. The van der Waals surface area contributed by atoms with Crippen molar-refractivity contribution in [1.82, 2.24) is 0 Å². The Labute approximate surface area is 169 Å². The van der Waals surface area contributed by atoms with Gasteiger partial charge in [-0.1, -0.05) is 6.58 Å². The number of hydrogen-bond donors (Lipinski definition) is 6. The zero-order chi connectivity index (χ0) is 19.3. The second kappa shape index (κ2) is 15.3. The molecule has 0 amide bonds. The minimum atomic E-state index is -1.18. The second-order valence-corrected chi connectivity index (χ2v) is 5.21. The average molecular weight is 375 g/mol. The summed E-state index contributed by atoms with van der Waals surface area (Å²) >= 11 is 0. The van der Waals surface area contributed by atoms with E-state index in [0.29, 0.717) is 0 Å². The molecule has 0 heterocycles. The molecule has 0 spiro atoms. The monoisotopic (exact) mass is 375 g/mol. The summed E-state index contributed by atoms with van der Waals surface area (Å²) < 4.78 is 4.72. The van der Waals surface area contributed by atoms with Crippen LogP contribution in [0.4, 0.5) is 0 Å². The van der Waals surface area contributed by atoms with Crippen molar-refractivity contribution < 1.29 is 75.6 Å². The van der Waals surface area contributed by atoms with Gasteiger partial charge in [0.2, 0.25) is 0 Å². The molecule has 0 aliphatic carbocycles. The van der Waals surface area contributed by atoms with Gasteiger partial charge >= 0.3 is 47.5 Å². The van der Waals surface area contributed by atoms with Crippen LogP contribution in [-0.2, 0) is 19.1 Å². The summed E-state index contributed by atoms with van der Waals surface area (Å²) in [6, 6.07) is -1.06. The third-order valence-electron chi connectivity index (χ3n) is 2.85. The Kier molecular flexibility index (Phi) is 17.6. The van der Waals surface area contributed by atoms with Crippen LogP contribution in [-0.4, -0.2) is 75.9 Å². The van der Waals surface area contributed by atoms with Crippen LogP contribution in [0.3, 0.4) is 0 Å². The number of carboxylic acids is 2. The Balaban J connectivity index is -0.000000181. The minimum absolute atomic E-state index is 0. The molecule has 0 aliphatic rings. The zero-order valence-electron chi connectivity index (χ0n) is 15.5. The molecule has 11 heteroatoms. The molecule has 0 fully saturated rings. The van der Waals surface area contributed by atoms with Crippen LogP contribution in [0.5, 0.6) is 0 Å². The van der Waals surface area contributed by atoms with E-state index in [2.05, 4.69) is 6.58 Å². The molecular weight excluding hydrogens is 349 g/mol. The number of aliphatic carboxylic acids is 2. The van der Waals surface area contributed by atoms with Gasteiger partial charge in [-0.2, -0.15) is 0 Å². The first-order valence-electron chi connectivity index (χ1n) is 6.90. The first kappa shape index (κ1) is 28.8. The van der Waals surface area contributed by atoms with Gasteiger partial charge in [0.15, 0.2) is 0 Å². The topological polar surface area (TPSA) is 188 Å². The summed E-state index contributed by atoms with van der Waals surface area (Å²) in [6.45, 7) is 3.26. The van der Waals surface area contributed by atoms with Gasteiger partial charge in [0.25, 0.3) is 0 Å². The summed E-state index contributed by atoms with van der Waals surface area (Å²) in [5.41, 5.74) is 4.06. The molecule has 0 aliphatic heterocycles. The Morgan fingerprint density at radius 1 is 1.16 bits per heavy atom. The number of esters is 1. The van der Waals surface area contributed by atoms with E-state index >= 15 is 0 Å². The molecule has 0 saturated carbocycles.